The number of rotatable bonds is 8. The van der Waals surface area contributed by atoms with Crippen molar-refractivity contribution in [1.82, 2.24) is 9.88 Å². The van der Waals surface area contributed by atoms with Crippen LogP contribution in [-0.4, -0.2) is 47.7 Å². The van der Waals surface area contributed by atoms with Crippen molar-refractivity contribution < 1.29 is 27.8 Å². The first-order valence-electron chi connectivity index (χ1n) is 12.6. The maximum Gasteiger partial charge on any atom is 0.303 e. The highest BCUT2D eigenvalue weighted by atomic mass is 35.5. The van der Waals surface area contributed by atoms with Crippen molar-refractivity contribution in [3.8, 4) is 17.6 Å². The lowest BCUT2D eigenvalue weighted by atomic mass is 9.79. The molecular formula is C29H29ClF3N3O3. The molecule has 0 radical (unpaired) electrons. The molecule has 2 heterocycles. The number of carbonyl (C=O) groups is 1. The molecule has 4 rings (SSSR count). The number of carboxylic acids is 1. The van der Waals surface area contributed by atoms with Gasteiger partial charge >= 0.3 is 5.97 Å². The van der Waals surface area contributed by atoms with Crippen LogP contribution in [0.5, 0.6) is 5.75 Å². The number of fused-ring (bicyclic) bond motifs is 1. The van der Waals surface area contributed by atoms with Crippen LogP contribution >= 0.6 is 11.6 Å². The van der Waals surface area contributed by atoms with Crippen LogP contribution in [0.3, 0.4) is 0 Å². The Morgan fingerprint density at radius 3 is 2.82 bits per heavy atom. The molecule has 3 aromatic rings. The van der Waals surface area contributed by atoms with E-state index in [1.807, 2.05) is 23.1 Å². The standard InChI is InChI=1S/C29H29ClF3N3O3/c1-39-21-5-7-26-22(14-21)28(23(30)15-35-26)25(34)6-4-17-8-10-36(16-19(17)12-27(37)38)9-2-3-18-11-20(31)13-24(32)29(18)33/h5,7,11,13-15,17,19,25H,4,6,8-10,12,16,34H2,1H3,(H,37,38)/t17-,19+,25+/m1/s1. The Labute approximate surface area is 229 Å². The van der Waals surface area contributed by atoms with E-state index in [0.717, 1.165) is 29.0 Å². The predicted octanol–water partition coefficient (Wildman–Crippen LogP) is 5.56. The van der Waals surface area contributed by atoms with Gasteiger partial charge in [0, 0.05) is 36.7 Å². The second kappa shape index (κ2) is 12.7. The van der Waals surface area contributed by atoms with Crippen molar-refractivity contribution in [2.24, 2.45) is 17.6 Å². The van der Waals surface area contributed by atoms with Crippen LogP contribution in [-0.2, 0) is 4.79 Å². The van der Waals surface area contributed by atoms with Crippen LogP contribution in [0.25, 0.3) is 10.9 Å². The molecule has 0 bridgehead atoms. The Bertz CT molecular complexity index is 1430. The van der Waals surface area contributed by atoms with Gasteiger partial charge in [-0.15, -0.1) is 0 Å². The van der Waals surface area contributed by atoms with Crippen molar-refractivity contribution in [1.29, 1.82) is 0 Å². The van der Waals surface area contributed by atoms with Crippen LogP contribution in [0.1, 0.15) is 42.9 Å². The van der Waals surface area contributed by atoms with E-state index in [4.69, 9.17) is 22.1 Å². The van der Waals surface area contributed by atoms with Crippen molar-refractivity contribution in [3.05, 3.63) is 70.1 Å². The zero-order chi connectivity index (χ0) is 28.1. The fraction of sp³-hybridized carbons (Fsp3) is 0.379. The van der Waals surface area contributed by atoms with Crippen LogP contribution in [0.2, 0.25) is 5.02 Å². The minimum atomic E-state index is -1.29. The highest BCUT2D eigenvalue weighted by Gasteiger charge is 2.31. The number of nitrogens with two attached hydrogens (primary N) is 1. The summed E-state index contributed by atoms with van der Waals surface area (Å²) in [6.07, 6.45) is 3.61. The predicted molar refractivity (Wildman–Crippen MR) is 143 cm³/mol. The number of likely N-dealkylation sites (tertiary alicyclic amines) is 1. The second-order valence-corrected chi connectivity index (χ2v) is 10.2. The van der Waals surface area contributed by atoms with E-state index >= 15 is 0 Å². The number of aliphatic carboxylic acids is 1. The van der Waals surface area contributed by atoms with Gasteiger partial charge in [-0.25, -0.2) is 13.2 Å². The van der Waals surface area contributed by atoms with Gasteiger partial charge in [0.05, 0.1) is 29.8 Å². The lowest BCUT2D eigenvalue weighted by Gasteiger charge is -2.37. The molecule has 0 aliphatic carbocycles. The fourth-order valence-corrected chi connectivity index (χ4v) is 5.53. The molecule has 206 valence electrons. The number of carboxylic acid groups (broad SMARTS) is 1. The maximum absolute atomic E-state index is 13.9. The molecule has 2 aromatic carbocycles. The summed E-state index contributed by atoms with van der Waals surface area (Å²) in [6, 6.07) is 6.46. The lowest BCUT2D eigenvalue weighted by molar-refractivity contribution is -0.139. The monoisotopic (exact) mass is 559 g/mol. The summed E-state index contributed by atoms with van der Waals surface area (Å²) in [5, 5.41) is 10.8. The first-order chi connectivity index (χ1) is 18.7. The SMILES string of the molecule is COc1ccc2ncc(Cl)c([C@@H](N)CC[C@@H]3CCN(CC#Cc4cc(F)cc(F)c4F)C[C@@H]3CC(=O)O)c2c1. The molecular weight excluding hydrogens is 531 g/mol. The minimum Gasteiger partial charge on any atom is -0.497 e. The molecule has 1 aromatic heterocycles. The third-order valence-corrected chi connectivity index (χ3v) is 7.52. The Kier molecular flexibility index (Phi) is 9.33. The molecule has 1 aliphatic rings. The van der Waals surface area contributed by atoms with Crippen LogP contribution < -0.4 is 10.5 Å². The van der Waals surface area contributed by atoms with Gasteiger partial charge in [0.25, 0.3) is 0 Å². The minimum absolute atomic E-state index is 0.0102. The zero-order valence-corrected chi connectivity index (χ0v) is 22.1. The van der Waals surface area contributed by atoms with E-state index in [0.29, 0.717) is 42.8 Å². The number of methoxy groups -OCH3 is 1. The van der Waals surface area contributed by atoms with E-state index in [2.05, 4.69) is 16.8 Å². The summed E-state index contributed by atoms with van der Waals surface area (Å²) in [7, 11) is 1.58. The normalized spacial score (nSPS) is 18.4. The molecule has 0 unspecified atom stereocenters. The summed E-state index contributed by atoms with van der Waals surface area (Å²) in [5.41, 5.74) is 7.80. The first kappa shape index (κ1) is 28.7. The molecule has 39 heavy (non-hydrogen) atoms. The zero-order valence-electron chi connectivity index (χ0n) is 21.4. The highest BCUT2D eigenvalue weighted by Crippen LogP contribution is 2.36. The van der Waals surface area contributed by atoms with E-state index in [1.165, 1.54) is 0 Å². The average Bonchev–Trinajstić information content (AvgIpc) is 2.90. The van der Waals surface area contributed by atoms with Gasteiger partial charge in [0.1, 0.15) is 11.6 Å². The molecule has 0 saturated carbocycles. The number of hydrogen-bond donors (Lipinski definition) is 2. The summed E-state index contributed by atoms with van der Waals surface area (Å²) < 4.78 is 46.1. The van der Waals surface area contributed by atoms with Gasteiger partial charge in [-0.05, 0) is 67.5 Å². The smallest absolute Gasteiger partial charge is 0.303 e. The van der Waals surface area contributed by atoms with Gasteiger partial charge in [0.15, 0.2) is 11.6 Å². The van der Waals surface area contributed by atoms with Crippen molar-refractivity contribution in [2.45, 2.75) is 31.7 Å². The third kappa shape index (κ3) is 7.01. The topological polar surface area (TPSA) is 88.7 Å². The number of benzene rings is 2. The molecule has 0 amide bonds. The fourth-order valence-electron chi connectivity index (χ4n) is 5.24. The number of ether oxygens (including phenoxy) is 1. The van der Waals surface area contributed by atoms with Gasteiger partial charge in [-0.1, -0.05) is 23.4 Å². The largest absolute Gasteiger partial charge is 0.497 e. The Hall–Kier alpha value is -3.32. The summed E-state index contributed by atoms with van der Waals surface area (Å²) >= 11 is 6.51. The molecule has 1 saturated heterocycles. The van der Waals surface area contributed by atoms with E-state index in [9.17, 15) is 23.1 Å². The Morgan fingerprint density at radius 1 is 1.28 bits per heavy atom. The molecule has 1 fully saturated rings. The highest BCUT2D eigenvalue weighted by molar-refractivity contribution is 6.32. The molecule has 3 N–H and O–H groups in total. The van der Waals surface area contributed by atoms with Gasteiger partial charge < -0.3 is 15.6 Å². The van der Waals surface area contributed by atoms with Gasteiger partial charge in [0.2, 0.25) is 0 Å². The number of hydrogen-bond acceptors (Lipinski definition) is 5. The molecule has 1 aliphatic heterocycles. The second-order valence-electron chi connectivity index (χ2n) is 9.78. The van der Waals surface area contributed by atoms with Crippen molar-refractivity contribution >= 4 is 28.5 Å². The lowest BCUT2D eigenvalue weighted by Crippen LogP contribution is -2.41. The number of aromatic nitrogens is 1. The third-order valence-electron chi connectivity index (χ3n) is 7.22. The summed E-state index contributed by atoms with van der Waals surface area (Å²) in [4.78, 5) is 18.0. The summed E-state index contributed by atoms with van der Waals surface area (Å²) in [6.45, 7) is 1.36. The van der Waals surface area contributed by atoms with Crippen molar-refractivity contribution in [3.63, 3.8) is 0 Å². The van der Waals surface area contributed by atoms with Crippen LogP contribution in [0, 0.1) is 41.1 Å². The molecule has 0 spiro atoms. The maximum atomic E-state index is 13.9. The number of halogens is 4. The van der Waals surface area contributed by atoms with E-state index in [1.54, 1.807) is 13.3 Å². The van der Waals surface area contributed by atoms with Gasteiger partial charge in [-0.2, -0.15) is 0 Å². The van der Waals surface area contributed by atoms with Crippen LogP contribution in [0.15, 0.2) is 36.5 Å². The Morgan fingerprint density at radius 2 is 2.08 bits per heavy atom. The number of pyridine rings is 1. The molecule has 10 heteroatoms. The van der Waals surface area contributed by atoms with E-state index < -0.39 is 23.4 Å². The van der Waals surface area contributed by atoms with Gasteiger partial charge in [-0.3, -0.25) is 14.7 Å². The van der Waals surface area contributed by atoms with Crippen molar-refractivity contribution in [2.75, 3.05) is 26.7 Å². The number of piperidine rings is 1. The average molecular weight is 560 g/mol. The van der Waals surface area contributed by atoms with E-state index in [-0.39, 0.29) is 36.4 Å². The summed E-state index contributed by atoms with van der Waals surface area (Å²) in [5.74, 6) is 1.62. The number of nitrogens with zero attached hydrogens (tertiary/aromatic N) is 2. The Balaban J connectivity index is 1.43. The molecule has 6 nitrogen and oxygen atoms in total. The molecule has 3 atom stereocenters. The quantitative estimate of drug-likeness (QED) is 0.277. The first-order valence-corrected chi connectivity index (χ1v) is 13.0. The van der Waals surface area contributed by atoms with Crippen LogP contribution in [0.4, 0.5) is 13.2 Å².